The lowest BCUT2D eigenvalue weighted by Gasteiger charge is -2.13. The van der Waals surface area contributed by atoms with Gasteiger partial charge in [0.2, 0.25) is 0 Å². The number of hydrogen-bond donors (Lipinski definition) is 0. The van der Waals surface area contributed by atoms with Gasteiger partial charge in [-0.2, -0.15) is 16.8 Å². The molecule has 12 heteroatoms. The van der Waals surface area contributed by atoms with Crippen LogP contribution in [0.1, 0.15) is 0 Å². The third-order valence-corrected chi connectivity index (χ3v) is 12.4. The Labute approximate surface area is 239 Å². The largest absolute Gasteiger partial charge is 0.296 e. The van der Waals surface area contributed by atoms with Crippen molar-refractivity contribution in [3.8, 4) is 0 Å². The summed E-state index contributed by atoms with van der Waals surface area (Å²) in [6.07, 6.45) is 0. The van der Waals surface area contributed by atoms with Crippen LogP contribution in [0.5, 0.6) is 0 Å². The second-order valence-corrected chi connectivity index (χ2v) is 15.3. The van der Waals surface area contributed by atoms with Gasteiger partial charge in [-0.25, -0.2) is 0 Å². The average molecular weight is 623 g/mol. The van der Waals surface area contributed by atoms with Crippen molar-refractivity contribution in [2.45, 2.75) is 39.2 Å². The highest BCUT2D eigenvalue weighted by Gasteiger charge is 2.19. The summed E-state index contributed by atoms with van der Waals surface area (Å²) >= 11 is 2.90. The Bertz CT molecular complexity index is 1490. The summed E-state index contributed by atoms with van der Waals surface area (Å²) in [5.74, 6) is 0. The van der Waals surface area contributed by atoms with Crippen LogP contribution >= 0.6 is 45.1 Å². The molecular weight excluding hydrogens is 601 g/mol. The molecule has 6 nitrogen and oxygen atoms in total. The van der Waals surface area contributed by atoms with Crippen molar-refractivity contribution in [3.63, 3.8) is 0 Å². The predicted molar refractivity (Wildman–Crippen MR) is 154 cm³/mol. The van der Waals surface area contributed by atoms with Crippen LogP contribution in [0, 0.1) is 0 Å². The van der Waals surface area contributed by atoms with Gasteiger partial charge < -0.3 is 0 Å². The molecule has 0 spiro atoms. The van der Waals surface area contributed by atoms with Gasteiger partial charge >= 0.3 is 0 Å². The Kier molecular flexibility index (Phi) is 9.93. The van der Waals surface area contributed by atoms with Crippen molar-refractivity contribution in [2.75, 3.05) is 14.2 Å². The summed E-state index contributed by atoms with van der Waals surface area (Å²) in [7, 11) is -2.54. The second kappa shape index (κ2) is 13.0. The van der Waals surface area contributed by atoms with Gasteiger partial charge in [0.05, 0.1) is 24.0 Å². The maximum absolute atomic E-state index is 12.3. The first-order chi connectivity index (χ1) is 18.2. The minimum atomic E-state index is -3.86. The van der Waals surface area contributed by atoms with Gasteiger partial charge in [-0.3, -0.25) is 8.37 Å². The maximum Gasteiger partial charge on any atom is 0.296 e. The molecule has 0 bridgehead atoms. The Morgan fingerprint density at radius 2 is 0.868 bits per heavy atom. The normalized spacial score (nSPS) is 11.9. The summed E-state index contributed by atoms with van der Waals surface area (Å²) in [4.78, 5) is 5.27. The average Bonchev–Trinajstić information content (AvgIpc) is 2.94. The molecule has 0 unspecified atom stereocenters. The fourth-order valence-corrected chi connectivity index (χ4v) is 9.37. The first kappa shape index (κ1) is 29.1. The Morgan fingerprint density at radius 1 is 0.500 bits per heavy atom. The molecule has 4 aromatic rings. The van der Waals surface area contributed by atoms with Gasteiger partial charge in [0.15, 0.2) is 0 Å². The molecule has 0 N–H and O–H groups in total. The van der Waals surface area contributed by atoms with Crippen molar-refractivity contribution < 1.29 is 25.2 Å². The van der Waals surface area contributed by atoms with E-state index in [-0.39, 0.29) is 9.79 Å². The van der Waals surface area contributed by atoms with Crippen LogP contribution in [0.15, 0.2) is 136 Å². The van der Waals surface area contributed by atoms with E-state index in [0.717, 1.165) is 43.6 Å². The van der Waals surface area contributed by atoms with Gasteiger partial charge in [0, 0.05) is 29.4 Å². The van der Waals surface area contributed by atoms with Crippen molar-refractivity contribution >= 4 is 65.3 Å². The fourth-order valence-electron chi connectivity index (χ4n) is 3.10. The summed E-state index contributed by atoms with van der Waals surface area (Å²) in [6.45, 7) is 0. The molecule has 0 aliphatic rings. The quantitative estimate of drug-likeness (QED) is 0.124. The summed E-state index contributed by atoms with van der Waals surface area (Å²) < 4.78 is 58.8. The minimum absolute atomic E-state index is 0.0715. The predicted octanol–water partition coefficient (Wildman–Crippen LogP) is 7.46. The van der Waals surface area contributed by atoms with E-state index in [2.05, 4.69) is 0 Å². The van der Waals surface area contributed by atoms with Crippen LogP contribution in [0.4, 0.5) is 0 Å². The van der Waals surface area contributed by atoms with E-state index in [4.69, 9.17) is 8.37 Å². The van der Waals surface area contributed by atoms with E-state index in [1.54, 1.807) is 24.3 Å². The monoisotopic (exact) mass is 622 g/mol. The van der Waals surface area contributed by atoms with Gasteiger partial charge in [-0.1, -0.05) is 81.5 Å². The van der Waals surface area contributed by atoms with Crippen molar-refractivity contribution in [1.82, 2.24) is 0 Å². The Hall–Kier alpha value is -1.90. The summed E-state index contributed by atoms with van der Waals surface area (Å²) in [5, 5.41) is 0. The van der Waals surface area contributed by atoms with E-state index < -0.39 is 20.2 Å². The van der Waals surface area contributed by atoms with Gasteiger partial charge in [0.25, 0.3) is 20.2 Å². The number of hydrogen-bond acceptors (Lipinski definition) is 10. The zero-order valence-electron chi connectivity index (χ0n) is 20.1. The molecule has 198 valence electrons. The van der Waals surface area contributed by atoms with Crippen LogP contribution in [-0.2, 0) is 28.6 Å². The number of benzene rings is 4. The first-order valence-corrected chi connectivity index (χ1v) is 17.5. The summed E-state index contributed by atoms with van der Waals surface area (Å²) in [6, 6.07) is 29.1. The SMILES string of the molecule is COS(=O)(=O)c1ccc(SSc2ccc(S(=O)(=O)OC)cc2Sc2ccccc2)c(Sc2ccccc2)c1. The number of rotatable bonds is 11. The lowest BCUT2D eigenvalue weighted by atomic mass is 10.4. The molecule has 4 rings (SSSR count). The second-order valence-electron chi connectivity index (χ2n) is 7.46. The standard InChI is InChI=1S/C26H22O6S6/c1-31-37(27,28)21-13-15-23(25(17-21)33-19-9-5-3-6-10-19)35-36-24-16-14-22(38(29,30)32-2)18-26(24)34-20-11-7-4-8-12-20/h3-18H,1-2H3. The van der Waals surface area contributed by atoms with E-state index in [1.165, 1.54) is 57.2 Å². The molecule has 0 aromatic heterocycles. The molecule has 0 atom stereocenters. The van der Waals surface area contributed by atoms with Crippen molar-refractivity contribution in [2.24, 2.45) is 0 Å². The van der Waals surface area contributed by atoms with Crippen LogP contribution in [0.2, 0.25) is 0 Å². The molecule has 0 saturated carbocycles. The molecule has 38 heavy (non-hydrogen) atoms. The van der Waals surface area contributed by atoms with E-state index in [1.807, 2.05) is 60.7 Å². The molecule has 0 aliphatic heterocycles. The van der Waals surface area contributed by atoms with E-state index in [0.29, 0.717) is 0 Å². The molecule has 0 aliphatic carbocycles. The van der Waals surface area contributed by atoms with E-state index >= 15 is 0 Å². The zero-order chi connectivity index (χ0) is 27.2. The highest BCUT2D eigenvalue weighted by Crippen LogP contribution is 2.48. The molecule has 4 aromatic carbocycles. The van der Waals surface area contributed by atoms with E-state index in [9.17, 15) is 16.8 Å². The third-order valence-electron chi connectivity index (χ3n) is 5.01. The van der Waals surface area contributed by atoms with Crippen LogP contribution in [-0.4, -0.2) is 31.1 Å². The van der Waals surface area contributed by atoms with Crippen LogP contribution < -0.4 is 0 Å². The first-order valence-electron chi connectivity index (χ1n) is 10.9. The van der Waals surface area contributed by atoms with Gasteiger partial charge in [-0.05, 0) is 60.7 Å². The van der Waals surface area contributed by atoms with Gasteiger partial charge in [0.1, 0.15) is 0 Å². The van der Waals surface area contributed by atoms with Crippen LogP contribution in [0.25, 0.3) is 0 Å². The molecule has 0 radical (unpaired) electrons. The molecule has 0 fully saturated rings. The van der Waals surface area contributed by atoms with Crippen molar-refractivity contribution in [1.29, 1.82) is 0 Å². The molecule has 0 saturated heterocycles. The van der Waals surface area contributed by atoms with Crippen molar-refractivity contribution in [3.05, 3.63) is 97.1 Å². The fraction of sp³-hybridized carbons (Fsp3) is 0.0769. The lowest BCUT2D eigenvalue weighted by molar-refractivity contribution is 0.396. The lowest BCUT2D eigenvalue weighted by Crippen LogP contribution is -2.03. The smallest absolute Gasteiger partial charge is 0.270 e. The highest BCUT2D eigenvalue weighted by atomic mass is 33.1. The third kappa shape index (κ3) is 7.39. The maximum atomic E-state index is 12.3. The molecule has 0 heterocycles. The Balaban J connectivity index is 1.68. The van der Waals surface area contributed by atoms with Gasteiger partial charge in [-0.15, -0.1) is 0 Å². The molecule has 0 amide bonds. The van der Waals surface area contributed by atoms with Crippen LogP contribution in [0.3, 0.4) is 0 Å². The molecular formula is C26H22O6S6. The topological polar surface area (TPSA) is 86.7 Å². The zero-order valence-corrected chi connectivity index (χ0v) is 25.0. The highest BCUT2D eigenvalue weighted by molar-refractivity contribution is 8.76. The summed E-state index contributed by atoms with van der Waals surface area (Å²) in [5.41, 5.74) is 0. The Morgan fingerprint density at radius 3 is 1.21 bits per heavy atom. The minimum Gasteiger partial charge on any atom is -0.270 e.